The molecule has 2 nitrogen and oxygen atoms in total. The Bertz CT molecular complexity index is 219. The van der Waals surface area contributed by atoms with E-state index in [4.69, 9.17) is 0 Å². The molecule has 1 spiro atoms. The molecule has 1 N–H and O–H groups in total. The first-order valence-electron chi connectivity index (χ1n) is 7.18. The van der Waals surface area contributed by atoms with Crippen molar-refractivity contribution in [3.05, 3.63) is 0 Å². The lowest BCUT2D eigenvalue weighted by molar-refractivity contribution is 0.0150. The van der Waals surface area contributed by atoms with Gasteiger partial charge in [0.2, 0.25) is 0 Å². The largest absolute Gasteiger partial charge is 0.311 e. The zero-order valence-electron chi connectivity index (χ0n) is 11.3. The van der Waals surface area contributed by atoms with Gasteiger partial charge in [0.05, 0.1) is 0 Å². The summed E-state index contributed by atoms with van der Waals surface area (Å²) in [6.07, 6.45) is 8.33. The summed E-state index contributed by atoms with van der Waals surface area (Å²) in [4.78, 5) is 2.80. The molecule has 0 amide bonds. The molecule has 1 saturated heterocycles. The highest BCUT2D eigenvalue weighted by molar-refractivity contribution is 5.02. The smallest absolute Gasteiger partial charge is 0.0337 e. The summed E-state index contributed by atoms with van der Waals surface area (Å²) in [6, 6.07) is 1.44. The molecular formula is C14H28N2. The van der Waals surface area contributed by atoms with Crippen LogP contribution in [0.1, 0.15) is 59.3 Å². The molecule has 1 aliphatic heterocycles. The first-order valence-corrected chi connectivity index (χ1v) is 7.18. The van der Waals surface area contributed by atoms with Gasteiger partial charge in [-0.25, -0.2) is 0 Å². The highest BCUT2D eigenvalue weighted by atomic mass is 15.3. The molecular weight excluding hydrogens is 196 g/mol. The number of nitrogens with zero attached hydrogens (tertiary/aromatic N) is 1. The Labute approximate surface area is 101 Å². The molecule has 94 valence electrons. The molecule has 2 fully saturated rings. The van der Waals surface area contributed by atoms with Crippen molar-refractivity contribution < 1.29 is 0 Å². The summed E-state index contributed by atoms with van der Waals surface area (Å²) in [6.45, 7) is 9.53. The first-order chi connectivity index (χ1) is 7.68. The molecule has 0 radical (unpaired) electrons. The van der Waals surface area contributed by atoms with Crippen molar-refractivity contribution in [2.24, 2.45) is 0 Å². The van der Waals surface area contributed by atoms with Crippen molar-refractivity contribution in [3.63, 3.8) is 0 Å². The van der Waals surface area contributed by atoms with Gasteiger partial charge in [0.15, 0.2) is 0 Å². The molecule has 0 bridgehead atoms. The quantitative estimate of drug-likeness (QED) is 0.793. The zero-order valence-corrected chi connectivity index (χ0v) is 11.3. The van der Waals surface area contributed by atoms with Crippen LogP contribution in [0.2, 0.25) is 0 Å². The Morgan fingerprint density at radius 3 is 2.56 bits per heavy atom. The standard InChI is InChI=1S/C14H28N2/c1-4-7-13-10-16(12(2)3)14(11-15-13)8-5-6-9-14/h12-13,15H,4-11H2,1-3H3. The minimum Gasteiger partial charge on any atom is -0.311 e. The number of piperazine rings is 1. The maximum absolute atomic E-state index is 3.80. The first kappa shape index (κ1) is 12.4. The maximum Gasteiger partial charge on any atom is 0.0337 e. The maximum atomic E-state index is 3.80. The van der Waals surface area contributed by atoms with E-state index in [1.165, 1.54) is 51.6 Å². The summed E-state index contributed by atoms with van der Waals surface area (Å²) in [5.74, 6) is 0. The van der Waals surface area contributed by atoms with Crippen LogP contribution in [0.25, 0.3) is 0 Å². The third-order valence-corrected chi connectivity index (χ3v) is 4.54. The molecule has 2 aliphatic rings. The van der Waals surface area contributed by atoms with E-state index in [1.807, 2.05) is 0 Å². The predicted molar refractivity (Wildman–Crippen MR) is 69.7 cm³/mol. The van der Waals surface area contributed by atoms with E-state index in [-0.39, 0.29) is 0 Å². The summed E-state index contributed by atoms with van der Waals surface area (Å²) in [7, 11) is 0. The van der Waals surface area contributed by atoms with Crippen molar-refractivity contribution in [1.82, 2.24) is 10.2 Å². The number of hydrogen-bond acceptors (Lipinski definition) is 2. The Kier molecular flexibility index (Phi) is 3.91. The molecule has 1 aliphatic carbocycles. The molecule has 2 heteroatoms. The second kappa shape index (κ2) is 5.05. The number of hydrogen-bond donors (Lipinski definition) is 1. The number of nitrogens with one attached hydrogen (secondary N) is 1. The number of rotatable bonds is 3. The van der Waals surface area contributed by atoms with Gasteiger partial charge in [-0.2, -0.15) is 0 Å². The van der Waals surface area contributed by atoms with Crippen LogP contribution in [0.3, 0.4) is 0 Å². The van der Waals surface area contributed by atoms with Gasteiger partial charge in [0, 0.05) is 30.7 Å². The molecule has 1 saturated carbocycles. The lowest BCUT2D eigenvalue weighted by Gasteiger charge is -2.50. The molecule has 1 heterocycles. The fourth-order valence-corrected chi connectivity index (χ4v) is 3.73. The van der Waals surface area contributed by atoms with Crippen LogP contribution in [0.4, 0.5) is 0 Å². The van der Waals surface area contributed by atoms with Gasteiger partial charge >= 0.3 is 0 Å². The molecule has 0 aromatic heterocycles. The van der Waals surface area contributed by atoms with Crippen LogP contribution in [0, 0.1) is 0 Å². The minimum atomic E-state index is 0.512. The average molecular weight is 224 g/mol. The summed E-state index contributed by atoms with van der Waals surface area (Å²) in [5.41, 5.74) is 0.512. The summed E-state index contributed by atoms with van der Waals surface area (Å²) in [5, 5.41) is 3.80. The van der Waals surface area contributed by atoms with Crippen LogP contribution >= 0.6 is 0 Å². The lowest BCUT2D eigenvalue weighted by Crippen LogP contribution is -2.65. The fourth-order valence-electron chi connectivity index (χ4n) is 3.73. The van der Waals surface area contributed by atoms with Gasteiger partial charge in [-0.05, 0) is 33.1 Å². The zero-order chi connectivity index (χ0) is 11.6. The second-order valence-electron chi connectivity index (χ2n) is 6.04. The second-order valence-corrected chi connectivity index (χ2v) is 6.04. The predicted octanol–water partition coefficient (Wildman–Crippen LogP) is 2.78. The van der Waals surface area contributed by atoms with Crippen LogP contribution in [0.5, 0.6) is 0 Å². The van der Waals surface area contributed by atoms with Crippen molar-refractivity contribution in [2.45, 2.75) is 76.9 Å². The van der Waals surface area contributed by atoms with E-state index in [9.17, 15) is 0 Å². The van der Waals surface area contributed by atoms with E-state index in [2.05, 4.69) is 31.0 Å². The Morgan fingerprint density at radius 1 is 1.31 bits per heavy atom. The van der Waals surface area contributed by atoms with Gasteiger partial charge in [0.1, 0.15) is 0 Å². The Hall–Kier alpha value is -0.0800. The Morgan fingerprint density at radius 2 is 2.00 bits per heavy atom. The topological polar surface area (TPSA) is 15.3 Å². The van der Waals surface area contributed by atoms with Gasteiger partial charge in [-0.3, -0.25) is 4.90 Å². The average Bonchev–Trinajstić information content (AvgIpc) is 2.70. The van der Waals surface area contributed by atoms with Crippen LogP contribution in [-0.4, -0.2) is 35.6 Å². The van der Waals surface area contributed by atoms with E-state index < -0.39 is 0 Å². The highest BCUT2D eigenvalue weighted by Crippen LogP contribution is 2.38. The molecule has 0 aromatic rings. The molecule has 16 heavy (non-hydrogen) atoms. The van der Waals surface area contributed by atoms with E-state index in [1.54, 1.807) is 0 Å². The van der Waals surface area contributed by atoms with E-state index in [0.717, 1.165) is 6.04 Å². The van der Waals surface area contributed by atoms with Gasteiger partial charge in [0.25, 0.3) is 0 Å². The molecule has 1 unspecified atom stereocenters. The summed E-state index contributed by atoms with van der Waals surface area (Å²) >= 11 is 0. The van der Waals surface area contributed by atoms with Gasteiger partial charge in [-0.15, -0.1) is 0 Å². The molecule has 1 atom stereocenters. The van der Waals surface area contributed by atoms with Crippen LogP contribution in [-0.2, 0) is 0 Å². The normalized spacial score (nSPS) is 30.4. The van der Waals surface area contributed by atoms with E-state index in [0.29, 0.717) is 11.6 Å². The van der Waals surface area contributed by atoms with Gasteiger partial charge in [-0.1, -0.05) is 26.2 Å². The summed E-state index contributed by atoms with van der Waals surface area (Å²) < 4.78 is 0. The third kappa shape index (κ3) is 2.28. The molecule has 2 rings (SSSR count). The third-order valence-electron chi connectivity index (χ3n) is 4.54. The Balaban J connectivity index is 2.04. The fraction of sp³-hybridized carbons (Fsp3) is 1.00. The van der Waals surface area contributed by atoms with Crippen molar-refractivity contribution in [1.29, 1.82) is 0 Å². The monoisotopic (exact) mass is 224 g/mol. The SMILES string of the molecule is CCCC1CN(C(C)C)C2(CCCC2)CN1. The highest BCUT2D eigenvalue weighted by Gasteiger charge is 2.43. The van der Waals surface area contributed by atoms with E-state index >= 15 is 0 Å². The minimum absolute atomic E-state index is 0.512. The van der Waals surface area contributed by atoms with Crippen molar-refractivity contribution >= 4 is 0 Å². The molecule has 0 aromatic carbocycles. The van der Waals surface area contributed by atoms with Crippen molar-refractivity contribution in [3.8, 4) is 0 Å². The van der Waals surface area contributed by atoms with Gasteiger partial charge < -0.3 is 5.32 Å². The van der Waals surface area contributed by atoms with Crippen LogP contribution in [0.15, 0.2) is 0 Å². The van der Waals surface area contributed by atoms with Crippen LogP contribution < -0.4 is 5.32 Å². The van der Waals surface area contributed by atoms with Crippen molar-refractivity contribution in [2.75, 3.05) is 13.1 Å². The lowest BCUT2D eigenvalue weighted by atomic mass is 9.88.